The van der Waals surface area contributed by atoms with Crippen LogP contribution >= 0.6 is 0 Å². The van der Waals surface area contributed by atoms with E-state index in [0.29, 0.717) is 50.2 Å². The summed E-state index contributed by atoms with van der Waals surface area (Å²) >= 11 is 0. The van der Waals surface area contributed by atoms with Crippen LogP contribution < -0.4 is 16.0 Å². The minimum Gasteiger partial charge on any atom is -0.438 e. The standard InChI is InChI=1S/C23H34N4O.C13H14N2O3/c1-13-5-16-7-14(2)21(18(6-13)9-16)26-23(28)20(24-4)11-17-8-15(3)22-19(10-17)12-25-27-22;16-9-15-7-5-13(6-8-15)10-3-1-2-4-11(10)14-12(17)18-13/h8,10,12-14,16,18,20-21,24H,5-7,9,11H2,1-4H3,(H,25,27)(H,26,28);1-4,9H,5-8H2,(H,14,17). The summed E-state index contributed by atoms with van der Waals surface area (Å²) in [5.41, 5.74) is 4.67. The van der Waals surface area contributed by atoms with Gasteiger partial charge in [0, 0.05) is 42.9 Å². The topological polar surface area (TPSA) is 128 Å². The lowest BCUT2D eigenvalue weighted by Crippen LogP contribution is -2.55. The predicted octanol–water partition coefficient (Wildman–Crippen LogP) is 5.28. The number of fused-ring (bicyclic) bond motifs is 5. The summed E-state index contributed by atoms with van der Waals surface area (Å²) in [6.07, 6.45) is 9.46. The first kappa shape index (κ1) is 32.0. The summed E-state index contributed by atoms with van der Waals surface area (Å²) in [6, 6.07) is 12.1. The van der Waals surface area contributed by atoms with Crippen LogP contribution in [0.2, 0.25) is 0 Å². The number of aryl methyl sites for hydroxylation is 1. The Bertz CT molecular complexity index is 1560. The number of ether oxygens (including phenoxy) is 1. The summed E-state index contributed by atoms with van der Waals surface area (Å²) in [7, 11) is 1.89. The van der Waals surface area contributed by atoms with Crippen molar-refractivity contribution >= 4 is 35.0 Å². The van der Waals surface area contributed by atoms with Crippen LogP contribution in [0.3, 0.4) is 0 Å². The molecule has 10 nitrogen and oxygen atoms in total. The quantitative estimate of drug-likeness (QED) is 0.275. The smallest absolute Gasteiger partial charge is 0.412 e. The van der Waals surface area contributed by atoms with Crippen molar-refractivity contribution in [2.75, 3.05) is 25.5 Å². The van der Waals surface area contributed by atoms with Crippen molar-refractivity contribution in [1.29, 1.82) is 0 Å². The minimum atomic E-state index is -0.571. The first-order chi connectivity index (χ1) is 22.2. The number of carbonyl (C=O) groups is 3. The highest BCUT2D eigenvalue weighted by molar-refractivity contribution is 5.89. The van der Waals surface area contributed by atoms with E-state index in [1.54, 1.807) is 4.90 Å². The number of likely N-dealkylation sites (N-methyl/N-ethyl adjacent to an activating group) is 1. The number of carbonyl (C=O) groups excluding carboxylic acids is 3. The second-order valence-corrected chi connectivity index (χ2v) is 14.2. The maximum atomic E-state index is 13.1. The second-order valence-electron chi connectivity index (χ2n) is 14.2. The number of piperidine rings is 1. The van der Waals surface area contributed by atoms with Gasteiger partial charge in [0.25, 0.3) is 0 Å². The Hall–Kier alpha value is -3.92. The van der Waals surface area contributed by atoms with Crippen molar-refractivity contribution in [2.45, 2.75) is 83.4 Å². The van der Waals surface area contributed by atoms with Crippen LogP contribution in [0.15, 0.2) is 42.6 Å². The summed E-state index contributed by atoms with van der Waals surface area (Å²) in [5.74, 6) is 3.01. The average Bonchev–Trinajstić information content (AvgIpc) is 3.52. The molecule has 6 unspecified atom stereocenters. The number of aromatic amines is 1. The molecule has 4 aliphatic rings. The van der Waals surface area contributed by atoms with Gasteiger partial charge in [0.2, 0.25) is 12.3 Å². The van der Waals surface area contributed by atoms with E-state index >= 15 is 0 Å². The fourth-order valence-corrected chi connectivity index (χ4v) is 8.66. The number of aromatic nitrogens is 2. The van der Waals surface area contributed by atoms with Crippen molar-refractivity contribution in [3.8, 4) is 0 Å². The normalized spacial score (nSPS) is 27.0. The molecule has 3 aromatic rings. The lowest BCUT2D eigenvalue weighted by atomic mass is 9.63. The van der Waals surface area contributed by atoms with Crippen molar-refractivity contribution < 1.29 is 19.1 Å². The molecule has 7 rings (SSSR count). The SMILES string of the molecule is CNC(Cc1cc(C)c2[nH]ncc2c1)C(=O)NC1C(C)CC2CC(C)CC1C2.O=CN1CCC2(CC1)OC(=O)Nc1ccccc12. The number of hydrogen-bond acceptors (Lipinski definition) is 6. The van der Waals surface area contributed by atoms with Crippen LogP contribution in [0.1, 0.15) is 69.1 Å². The Morgan fingerprint density at radius 2 is 1.93 bits per heavy atom. The van der Waals surface area contributed by atoms with Gasteiger partial charge in [0.05, 0.1) is 23.4 Å². The van der Waals surface area contributed by atoms with Gasteiger partial charge >= 0.3 is 6.09 Å². The molecule has 2 aliphatic heterocycles. The van der Waals surface area contributed by atoms with Gasteiger partial charge in [-0.2, -0.15) is 5.10 Å². The monoisotopic (exact) mass is 628 g/mol. The molecule has 3 amide bonds. The molecule has 46 heavy (non-hydrogen) atoms. The van der Waals surface area contributed by atoms with Crippen LogP contribution in [-0.2, 0) is 26.3 Å². The summed E-state index contributed by atoms with van der Waals surface area (Å²) < 4.78 is 5.54. The van der Waals surface area contributed by atoms with Crippen molar-refractivity contribution in [1.82, 2.24) is 25.7 Å². The number of anilines is 1. The number of nitrogens with one attached hydrogen (secondary N) is 4. The number of nitrogens with zero attached hydrogens (tertiary/aromatic N) is 2. The number of rotatable bonds is 6. The van der Waals surface area contributed by atoms with Crippen LogP contribution in [-0.4, -0.2) is 65.7 Å². The van der Waals surface area contributed by atoms with Crippen molar-refractivity contribution in [3.05, 3.63) is 59.3 Å². The molecule has 2 saturated carbocycles. The van der Waals surface area contributed by atoms with E-state index in [1.807, 2.05) is 37.5 Å². The summed E-state index contributed by atoms with van der Waals surface area (Å²) in [5, 5.41) is 17.7. The van der Waals surface area contributed by atoms with Crippen molar-refractivity contribution in [2.24, 2.45) is 23.7 Å². The Labute approximate surface area is 271 Å². The van der Waals surface area contributed by atoms with Crippen LogP contribution in [0.4, 0.5) is 10.5 Å². The summed E-state index contributed by atoms with van der Waals surface area (Å²) in [4.78, 5) is 37.2. The van der Waals surface area contributed by atoms with Gasteiger partial charge in [-0.1, -0.05) is 38.1 Å². The fourth-order valence-electron chi connectivity index (χ4n) is 8.66. The lowest BCUT2D eigenvalue weighted by molar-refractivity contribution is -0.125. The first-order valence-corrected chi connectivity index (χ1v) is 16.9. The molecule has 1 spiro atoms. The largest absolute Gasteiger partial charge is 0.438 e. The number of H-pyrrole nitrogens is 1. The molecule has 2 aliphatic carbocycles. The minimum absolute atomic E-state index is 0.140. The van der Waals surface area contributed by atoms with Crippen LogP contribution in [0.5, 0.6) is 0 Å². The Balaban J connectivity index is 0.000000178. The molecule has 1 aromatic heterocycles. The molecule has 2 bridgehead atoms. The predicted molar refractivity (Wildman–Crippen MR) is 178 cm³/mol. The van der Waals surface area contributed by atoms with Crippen molar-refractivity contribution in [3.63, 3.8) is 0 Å². The van der Waals surface area contributed by atoms with E-state index in [4.69, 9.17) is 4.74 Å². The molecule has 0 radical (unpaired) electrons. The van der Waals surface area contributed by atoms with Crippen LogP contribution in [0.25, 0.3) is 10.9 Å². The molecule has 10 heteroatoms. The van der Waals surface area contributed by atoms with E-state index in [2.05, 4.69) is 59.1 Å². The highest BCUT2D eigenvalue weighted by Gasteiger charge is 2.44. The Morgan fingerprint density at radius 1 is 1.15 bits per heavy atom. The number of likely N-dealkylation sites (tertiary alicyclic amines) is 1. The molecule has 4 N–H and O–H groups in total. The Morgan fingerprint density at radius 3 is 2.70 bits per heavy atom. The molecule has 2 aromatic carbocycles. The van der Waals surface area contributed by atoms with E-state index in [9.17, 15) is 14.4 Å². The summed E-state index contributed by atoms with van der Waals surface area (Å²) in [6.45, 7) is 8.02. The molecule has 3 heterocycles. The maximum absolute atomic E-state index is 13.1. The first-order valence-electron chi connectivity index (χ1n) is 16.9. The highest BCUT2D eigenvalue weighted by atomic mass is 16.6. The number of benzene rings is 2. The van der Waals surface area contributed by atoms with Gasteiger partial charge in [-0.05, 0) is 93.0 Å². The van der Waals surface area contributed by atoms with E-state index in [-0.39, 0.29) is 11.9 Å². The average molecular weight is 629 g/mol. The number of para-hydroxylation sites is 1. The van der Waals surface area contributed by atoms with Crippen LogP contribution in [0, 0.1) is 30.6 Å². The maximum Gasteiger partial charge on any atom is 0.412 e. The number of amides is 3. The third-order valence-electron chi connectivity index (χ3n) is 10.8. The third kappa shape index (κ3) is 6.63. The molecular weight excluding hydrogens is 580 g/mol. The zero-order chi connectivity index (χ0) is 32.4. The van der Waals surface area contributed by atoms with Gasteiger partial charge < -0.3 is 20.3 Å². The third-order valence-corrected chi connectivity index (χ3v) is 10.8. The highest BCUT2D eigenvalue weighted by Crippen LogP contribution is 2.45. The van der Waals surface area contributed by atoms with Gasteiger partial charge in [-0.15, -0.1) is 0 Å². The molecule has 1 saturated heterocycles. The van der Waals surface area contributed by atoms with Gasteiger partial charge in [-0.3, -0.25) is 20.0 Å². The second kappa shape index (κ2) is 13.4. The van der Waals surface area contributed by atoms with E-state index in [0.717, 1.165) is 40.4 Å². The molecule has 6 atom stereocenters. The van der Waals surface area contributed by atoms with Gasteiger partial charge in [0.1, 0.15) is 5.60 Å². The molecule has 3 fully saturated rings. The fraction of sp³-hybridized carbons (Fsp3) is 0.556. The van der Waals surface area contributed by atoms with E-state index < -0.39 is 11.7 Å². The molecular formula is C36H48N6O4. The Kier molecular flexibility index (Phi) is 9.36. The zero-order valence-corrected chi connectivity index (χ0v) is 27.5. The zero-order valence-electron chi connectivity index (χ0n) is 27.5. The van der Waals surface area contributed by atoms with Gasteiger partial charge in [-0.25, -0.2) is 4.79 Å². The lowest BCUT2D eigenvalue weighted by Gasteiger charge is -2.46. The number of hydrogen-bond donors (Lipinski definition) is 4. The van der Waals surface area contributed by atoms with E-state index in [1.165, 1.54) is 36.8 Å². The van der Waals surface area contributed by atoms with Gasteiger partial charge in [0.15, 0.2) is 0 Å². The molecule has 246 valence electrons.